The maximum absolute atomic E-state index is 4.21. The highest BCUT2D eigenvalue weighted by molar-refractivity contribution is 5.62. The number of benzene rings is 1. The number of nitrogens with one attached hydrogen (secondary N) is 2. The van der Waals surface area contributed by atoms with E-state index in [-0.39, 0.29) is 0 Å². The van der Waals surface area contributed by atoms with E-state index >= 15 is 0 Å². The molecule has 0 aliphatic carbocycles. The summed E-state index contributed by atoms with van der Waals surface area (Å²) in [5.74, 6) is 0. The molecule has 3 rings (SSSR count). The molecule has 0 saturated heterocycles. The molecule has 5 nitrogen and oxygen atoms in total. The standard InChI is InChI=1S/C14H13N5/c1-3-12(17-10-13-9-15-7-8-16-13)4-2-11(1)14-5-6-18-19-14/h1-9,17H,10H2,(H,18,19). The van der Waals surface area contributed by atoms with Crippen LogP contribution in [0, 0.1) is 0 Å². The molecule has 0 spiro atoms. The topological polar surface area (TPSA) is 66.5 Å². The summed E-state index contributed by atoms with van der Waals surface area (Å²) in [5.41, 5.74) is 4.09. The Morgan fingerprint density at radius 1 is 1.00 bits per heavy atom. The van der Waals surface area contributed by atoms with Gasteiger partial charge in [-0.3, -0.25) is 15.1 Å². The smallest absolute Gasteiger partial charge is 0.0777 e. The van der Waals surface area contributed by atoms with Gasteiger partial charge in [-0.1, -0.05) is 12.1 Å². The van der Waals surface area contributed by atoms with E-state index in [4.69, 9.17) is 0 Å². The van der Waals surface area contributed by atoms with Crippen molar-refractivity contribution >= 4 is 5.69 Å². The summed E-state index contributed by atoms with van der Waals surface area (Å²) in [5, 5.41) is 10.2. The van der Waals surface area contributed by atoms with Crippen molar-refractivity contribution in [3.05, 3.63) is 60.8 Å². The van der Waals surface area contributed by atoms with Crippen molar-refractivity contribution < 1.29 is 0 Å². The lowest BCUT2D eigenvalue weighted by Crippen LogP contribution is -2.01. The van der Waals surface area contributed by atoms with Gasteiger partial charge in [-0.15, -0.1) is 0 Å². The first-order valence-electron chi connectivity index (χ1n) is 6.00. The zero-order valence-electron chi connectivity index (χ0n) is 10.2. The normalized spacial score (nSPS) is 10.3. The van der Waals surface area contributed by atoms with E-state index < -0.39 is 0 Å². The Morgan fingerprint density at radius 2 is 1.89 bits per heavy atom. The van der Waals surface area contributed by atoms with Gasteiger partial charge in [-0.25, -0.2) is 0 Å². The molecule has 3 aromatic rings. The van der Waals surface area contributed by atoms with Crippen molar-refractivity contribution in [1.82, 2.24) is 20.2 Å². The first-order chi connectivity index (χ1) is 9.42. The maximum atomic E-state index is 4.21. The van der Waals surface area contributed by atoms with Crippen LogP contribution in [0.25, 0.3) is 11.3 Å². The predicted octanol–water partition coefficient (Wildman–Crippen LogP) is 2.48. The summed E-state index contributed by atoms with van der Waals surface area (Å²) in [6.07, 6.45) is 6.86. The Morgan fingerprint density at radius 3 is 2.58 bits per heavy atom. The van der Waals surface area contributed by atoms with E-state index in [2.05, 4.69) is 25.5 Å². The maximum Gasteiger partial charge on any atom is 0.0777 e. The van der Waals surface area contributed by atoms with Gasteiger partial charge in [-0.05, 0) is 23.8 Å². The number of hydrogen-bond donors (Lipinski definition) is 2. The number of anilines is 1. The number of nitrogens with zero attached hydrogens (tertiary/aromatic N) is 3. The molecule has 2 N–H and O–H groups in total. The molecule has 0 aliphatic rings. The third kappa shape index (κ3) is 2.77. The van der Waals surface area contributed by atoms with Crippen molar-refractivity contribution in [2.75, 3.05) is 5.32 Å². The van der Waals surface area contributed by atoms with E-state index in [1.165, 1.54) is 0 Å². The number of aromatic nitrogens is 4. The van der Waals surface area contributed by atoms with Crippen molar-refractivity contribution in [3.8, 4) is 11.3 Å². The van der Waals surface area contributed by atoms with Crippen molar-refractivity contribution in [1.29, 1.82) is 0 Å². The van der Waals surface area contributed by atoms with Gasteiger partial charge in [0, 0.05) is 24.3 Å². The van der Waals surface area contributed by atoms with Gasteiger partial charge in [0.1, 0.15) is 0 Å². The predicted molar refractivity (Wildman–Crippen MR) is 73.4 cm³/mol. The molecule has 1 aromatic carbocycles. The minimum atomic E-state index is 0.664. The minimum Gasteiger partial charge on any atom is -0.379 e. The summed E-state index contributed by atoms with van der Waals surface area (Å²) < 4.78 is 0. The molecule has 0 amide bonds. The second kappa shape index (κ2) is 5.30. The van der Waals surface area contributed by atoms with Crippen LogP contribution >= 0.6 is 0 Å². The fraction of sp³-hybridized carbons (Fsp3) is 0.0714. The molecule has 5 heteroatoms. The van der Waals surface area contributed by atoms with Crippen molar-refractivity contribution in [2.24, 2.45) is 0 Å². The van der Waals surface area contributed by atoms with Gasteiger partial charge in [0.15, 0.2) is 0 Å². The summed E-state index contributed by atoms with van der Waals surface area (Å²) in [6, 6.07) is 10.1. The third-order valence-electron chi connectivity index (χ3n) is 2.79. The van der Waals surface area contributed by atoms with Gasteiger partial charge in [0.25, 0.3) is 0 Å². The molecular weight excluding hydrogens is 238 g/mol. The molecule has 0 unspecified atom stereocenters. The fourth-order valence-electron chi connectivity index (χ4n) is 1.80. The van der Waals surface area contributed by atoms with Crippen LogP contribution in [-0.4, -0.2) is 20.2 Å². The van der Waals surface area contributed by atoms with E-state index in [9.17, 15) is 0 Å². The molecule has 19 heavy (non-hydrogen) atoms. The Balaban J connectivity index is 1.67. The third-order valence-corrected chi connectivity index (χ3v) is 2.79. The monoisotopic (exact) mass is 251 g/mol. The summed E-state index contributed by atoms with van der Waals surface area (Å²) in [6.45, 7) is 0.664. The zero-order chi connectivity index (χ0) is 12.9. The van der Waals surface area contributed by atoms with Crippen molar-refractivity contribution in [2.45, 2.75) is 6.54 Å². The highest BCUT2D eigenvalue weighted by Crippen LogP contribution is 2.19. The van der Waals surface area contributed by atoms with Crippen LogP contribution in [0.1, 0.15) is 5.69 Å². The molecule has 0 fully saturated rings. The average molecular weight is 251 g/mol. The SMILES string of the molecule is c1cnc(CNc2ccc(-c3ccn[nH]3)cc2)cn1. The number of H-pyrrole nitrogens is 1. The van der Waals surface area contributed by atoms with Crippen molar-refractivity contribution in [3.63, 3.8) is 0 Å². The van der Waals surface area contributed by atoms with Gasteiger partial charge < -0.3 is 5.32 Å². The van der Waals surface area contributed by atoms with Crippen LogP contribution in [0.3, 0.4) is 0 Å². The Bertz CT molecular complexity index is 617. The number of hydrogen-bond acceptors (Lipinski definition) is 4. The average Bonchev–Trinajstić information content (AvgIpc) is 3.01. The molecule has 0 bridgehead atoms. The highest BCUT2D eigenvalue weighted by Gasteiger charge is 1.99. The van der Waals surface area contributed by atoms with Gasteiger partial charge >= 0.3 is 0 Å². The zero-order valence-corrected chi connectivity index (χ0v) is 10.2. The molecule has 0 atom stereocenters. The Hall–Kier alpha value is -2.69. The van der Waals surface area contributed by atoms with Crippen LogP contribution in [-0.2, 0) is 6.54 Å². The van der Waals surface area contributed by atoms with Gasteiger partial charge in [-0.2, -0.15) is 5.10 Å². The minimum absolute atomic E-state index is 0.664. The first kappa shape index (κ1) is 11.4. The molecular formula is C14H13N5. The van der Waals surface area contributed by atoms with E-state index in [1.807, 2.05) is 30.3 Å². The first-order valence-corrected chi connectivity index (χ1v) is 6.00. The quantitative estimate of drug-likeness (QED) is 0.747. The number of aromatic amines is 1. The fourth-order valence-corrected chi connectivity index (χ4v) is 1.80. The van der Waals surface area contributed by atoms with Crippen LogP contribution < -0.4 is 5.32 Å². The Kier molecular flexibility index (Phi) is 3.18. The van der Waals surface area contributed by atoms with Gasteiger partial charge in [0.2, 0.25) is 0 Å². The van der Waals surface area contributed by atoms with Crippen LogP contribution in [0.4, 0.5) is 5.69 Å². The highest BCUT2D eigenvalue weighted by atomic mass is 15.1. The largest absolute Gasteiger partial charge is 0.379 e. The second-order valence-corrected chi connectivity index (χ2v) is 4.10. The lowest BCUT2D eigenvalue weighted by molar-refractivity contribution is 1.01. The van der Waals surface area contributed by atoms with E-state index in [1.54, 1.807) is 24.8 Å². The summed E-state index contributed by atoms with van der Waals surface area (Å²) in [4.78, 5) is 8.24. The molecule has 2 heterocycles. The van der Waals surface area contributed by atoms with E-state index in [0.29, 0.717) is 6.54 Å². The lowest BCUT2D eigenvalue weighted by Gasteiger charge is -2.06. The number of rotatable bonds is 4. The molecule has 94 valence electrons. The summed E-state index contributed by atoms with van der Waals surface area (Å²) in [7, 11) is 0. The molecule has 0 radical (unpaired) electrons. The van der Waals surface area contributed by atoms with Crippen LogP contribution in [0.15, 0.2) is 55.1 Å². The second-order valence-electron chi connectivity index (χ2n) is 4.10. The lowest BCUT2D eigenvalue weighted by atomic mass is 10.1. The molecule has 0 aliphatic heterocycles. The Labute approximate surface area is 110 Å². The summed E-state index contributed by atoms with van der Waals surface area (Å²) >= 11 is 0. The molecule has 2 aromatic heterocycles. The molecule has 0 saturated carbocycles. The van der Waals surface area contributed by atoms with Gasteiger partial charge in [0.05, 0.1) is 24.1 Å². The van der Waals surface area contributed by atoms with Crippen LogP contribution in [0.5, 0.6) is 0 Å². The van der Waals surface area contributed by atoms with E-state index in [0.717, 1.165) is 22.6 Å². The van der Waals surface area contributed by atoms with Crippen LogP contribution in [0.2, 0.25) is 0 Å².